The zero-order chi connectivity index (χ0) is 39.4. The molecular weight excluding hydrogens is 735 g/mol. The van der Waals surface area contributed by atoms with Crippen molar-refractivity contribution in [3.05, 3.63) is 71.0 Å². The second-order valence-electron chi connectivity index (χ2n) is 13.8. The van der Waals surface area contributed by atoms with Crippen LogP contribution in [-0.4, -0.2) is 88.2 Å². The SMILES string of the molecule is CCCCC/C=C\[C@H](C)C(NC(=O)C1CCCN1C(=O)CNC(=O)OCC(F)(F)COc1cccc(-c2nc3ccccc3[nH]c2=O)c1)C(=O)NSC1CC1. The second kappa shape index (κ2) is 19.6. The van der Waals surface area contributed by atoms with Crippen molar-refractivity contribution in [1.82, 2.24) is 30.2 Å². The maximum atomic E-state index is 14.7. The molecule has 1 saturated carbocycles. The Balaban J connectivity index is 1.08. The average molecular weight is 783 g/mol. The molecule has 4 amide bonds. The molecule has 0 bridgehead atoms. The number of likely N-dealkylation sites (tertiary alicyclic amines) is 1. The van der Waals surface area contributed by atoms with Gasteiger partial charge in [0, 0.05) is 23.3 Å². The van der Waals surface area contributed by atoms with Crippen LogP contribution in [0.3, 0.4) is 0 Å². The molecule has 1 saturated heterocycles. The maximum absolute atomic E-state index is 14.7. The molecule has 3 atom stereocenters. The normalized spacial score (nSPS) is 16.8. The molecule has 2 unspecified atom stereocenters. The lowest BCUT2D eigenvalue weighted by Gasteiger charge is -2.28. The van der Waals surface area contributed by atoms with Crippen molar-refractivity contribution in [3.63, 3.8) is 0 Å². The van der Waals surface area contributed by atoms with E-state index in [0.717, 1.165) is 38.5 Å². The number of carbonyl (C=O) groups excluding carboxylic acids is 4. The zero-order valence-corrected chi connectivity index (χ0v) is 31.8. The Morgan fingerprint density at radius 2 is 1.89 bits per heavy atom. The molecule has 2 aromatic carbocycles. The van der Waals surface area contributed by atoms with E-state index in [9.17, 15) is 32.8 Å². The predicted octanol–water partition coefficient (Wildman–Crippen LogP) is 5.51. The number of alkyl carbamates (subject to hydrolysis) is 1. The van der Waals surface area contributed by atoms with Crippen molar-refractivity contribution in [1.29, 1.82) is 0 Å². The lowest BCUT2D eigenvalue weighted by Crippen LogP contribution is -2.55. The van der Waals surface area contributed by atoms with Gasteiger partial charge in [-0.1, -0.05) is 63.1 Å². The summed E-state index contributed by atoms with van der Waals surface area (Å²) in [6.45, 7) is 1.17. The van der Waals surface area contributed by atoms with Gasteiger partial charge in [0.15, 0.2) is 13.2 Å². The van der Waals surface area contributed by atoms with Crippen LogP contribution >= 0.6 is 11.9 Å². The number of aromatic nitrogens is 2. The van der Waals surface area contributed by atoms with Crippen LogP contribution in [0.5, 0.6) is 5.75 Å². The first kappa shape index (κ1) is 41.2. The summed E-state index contributed by atoms with van der Waals surface area (Å²) in [7, 11) is 0. The second-order valence-corrected chi connectivity index (χ2v) is 14.9. The lowest BCUT2D eigenvalue weighted by molar-refractivity contribution is -0.139. The van der Waals surface area contributed by atoms with E-state index in [1.54, 1.807) is 30.3 Å². The number of hydrogen-bond donors (Lipinski definition) is 4. The quantitative estimate of drug-likeness (QED) is 0.0696. The Morgan fingerprint density at radius 1 is 1.09 bits per heavy atom. The highest BCUT2D eigenvalue weighted by molar-refractivity contribution is 7.98. The molecular formula is C39H48F2N6O7S. The van der Waals surface area contributed by atoms with Crippen LogP contribution in [0.1, 0.15) is 65.2 Å². The summed E-state index contributed by atoms with van der Waals surface area (Å²) in [4.78, 5) is 73.1. The van der Waals surface area contributed by atoms with E-state index in [2.05, 4.69) is 32.2 Å². The highest BCUT2D eigenvalue weighted by Crippen LogP contribution is 2.32. The molecule has 1 aliphatic heterocycles. The van der Waals surface area contributed by atoms with Gasteiger partial charge in [0.25, 0.3) is 11.5 Å². The van der Waals surface area contributed by atoms with Gasteiger partial charge in [0.1, 0.15) is 30.1 Å². The van der Waals surface area contributed by atoms with Gasteiger partial charge >= 0.3 is 12.0 Å². The molecule has 2 heterocycles. The number of carbonyl (C=O) groups is 4. The monoisotopic (exact) mass is 782 g/mol. The molecule has 16 heteroatoms. The molecule has 4 N–H and O–H groups in total. The first-order chi connectivity index (χ1) is 26.4. The van der Waals surface area contributed by atoms with Gasteiger partial charge in [-0.2, -0.15) is 8.78 Å². The molecule has 1 aromatic heterocycles. The minimum Gasteiger partial charge on any atom is -0.487 e. The number of hydrogen-bond acceptors (Lipinski definition) is 9. The molecule has 0 radical (unpaired) electrons. The fourth-order valence-corrected chi connectivity index (χ4v) is 6.79. The van der Waals surface area contributed by atoms with Crippen molar-refractivity contribution in [2.24, 2.45) is 5.92 Å². The number of nitrogens with one attached hydrogen (secondary N) is 4. The Labute approximate surface area is 322 Å². The lowest BCUT2D eigenvalue weighted by atomic mass is 9.99. The Bertz CT molecular complexity index is 1910. The van der Waals surface area contributed by atoms with Crippen molar-refractivity contribution in [3.8, 4) is 17.0 Å². The van der Waals surface area contributed by atoms with Crippen molar-refractivity contribution in [2.45, 2.75) is 88.5 Å². The standard InChI is InChI=1S/C39H48F2N6O7S/c1-3-4-5-6-7-12-25(2)33(37(51)46-55-28-18-19-28)45-35(49)31-17-11-20-47(31)32(48)22-42-38(52)54-24-39(40,41)23-53-27-14-10-13-26(21-27)34-36(50)44-30-16-9-8-15-29(30)43-34/h7-10,12-16,21,25,28,31,33H,3-6,11,17-20,22-24H2,1-2H3,(H,42,52)(H,44,50)(H,45,49)(H,46,51)/b12-7-/t25-,31?,33?/m0/s1. The number of rotatable bonds is 19. The fraction of sp³-hybridized carbons (Fsp3) is 0.487. The number of alkyl halides is 2. The van der Waals surface area contributed by atoms with E-state index < -0.39 is 61.2 Å². The summed E-state index contributed by atoms with van der Waals surface area (Å²) in [5.41, 5.74) is 1.11. The highest BCUT2D eigenvalue weighted by Gasteiger charge is 2.38. The van der Waals surface area contributed by atoms with E-state index in [1.807, 2.05) is 19.1 Å². The van der Waals surface area contributed by atoms with Gasteiger partial charge in [0.05, 0.1) is 11.0 Å². The van der Waals surface area contributed by atoms with E-state index in [1.165, 1.54) is 35.0 Å². The molecule has 5 rings (SSSR count). The summed E-state index contributed by atoms with van der Waals surface area (Å²) in [6, 6.07) is 11.2. The highest BCUT2D eigenvalue weighted by atomic mass is 32.2. The van der Waals surface area contributed by atoms with E-state index in [4.69, 9.17) is 9.47 Å². The number of fused-ring (bicyclic) bond motifs is 1. The van der Waals surface area contributed by atoms with Crippen LogP contribution in [0.25, 0.3) is 22.3 Å². The third-order valence-corrected chi connectivity index (χ3v) is 10.3. The minimum atomic E-state index is -3.60. The number of amides is 4. The topological polar surface area (TPSA) is 172 Å². The molecule has 2 fully saturated rings. The van der Waals surface area contributed by atoms with Gasteiger partial charge in [-0.05, 0) is 74.7 Å². The number of unbranched alkanes of at least 4 members (excludes halogenated alkanes) is 3. The molecule has 55 heavy (non-hydrogen) atoms. The Hall–Kier alpha value is -4.99. The van der Waals surface area contributed by atoms with Crippen LogP contribution < -0.4 is 25.7 Å². The molecule has 13 nitrogen and oxygen atoms in total. The molecule has 2 aliphatic rings. The summed E-state index contributed by atoms with van der Waals surface area (Å²) in [5, 5.41) is 5.41. The summed E-state index contributed by atoms with van der Waals surface area (Å²) in [5.74, 6) is -5.26. The van der Waals surface area contributed by atoms with Crippen molar-refractivity contribution in [2.75, 3.05) is 26.3 Å². The van der Waals surface area contributed by atoms with Gasteiger partial charge in [0.2, 0.25) is 11.8 Å². The van der Waals surface area contributed by atoms with E-state index in [-0.39, 0.29) is 29.8 Å². The summed E-state index contributed by atoms with van der Waals surface area (Å²) < 4.78 is 42.2. The van der Waals surface area contributed by atoms with Gasteiger partial charge in [-0.3, -0.25) is 23.9 Å². The number of allylic oxidation sites excluding steroid dienone is 1. The van der Waals surface area contributed by atoms with Gasteiger partial charge in [-0.15, -0.1) is 0 Å². The Morgan fingerprint density at radius 3 is 2.67 bits per heavy atom. The Kier molecular flexibility index (Phi) is 14.6. The molecule has 1 aliphatic carbocycles. The van der Waals surface area contributed by atoms with Gasteiger partial charge < -0.3 is 30.0 Å². The molecule has 296 valence electrons. The van der Waals surface area contributed by atoms with Crippen LogP contribution in [0.15, 0.2) is 65.5 Å². The van der Waals surface area contributed by atoms with Crippen molar-refractivity contribution >= 4 is 46.8 Å². The summed E-state index contributed by atoms with van der Waals surface area (Å²) in [6.07, 6.45) is 9.74. The van der Waals surface area contributed by atoms with E-state index in [0.29, 0.717) is 34.7 Å². The number of H-pyrrole nitrogens is 1. The average Bonchev–Trinajstić information content (AvgIpc) is 3.88. The van der Waals surface area contributed by atoms with E-state index >= 15 is 0 Å². The number of nitrogens with zero attached hydrogens (tertiary/aromatic N) is 2. The number of benzene rings is 2. The predicted molar refractivity (Wildman–Crippen MR) is 205 cm³/mol. The van der Waals surface area contributed by atoms with Crippen molar-refractivity contribution < 1.29 is 37.4 Å². The third-order valence-electron chi connectivity index (χ3n) is 9.20. The first-order valence-electron chi connectivity index (χ1n) is 18.7. The smallest absolute Gasteiger partial charge is 0.407 e. The number of halogens is 2. The van der Waals surface area contributed by atoms with Crippen LogP contribution in [0.4, 0.5) is 13.6 Å². The first-order valence-corrected chi connectivity index (χ1v) is 19.5. The molecule has 0 spiro atoms. The maximum Gasteiger partial charge on any atom is 0.407 e. The van der Waals surface area contributed by atoms with Crippen LogP contribution in [0, 0.1) is 5.92 Å². The van der Waals surface area contributed by atoms with Crippen LogP contribution in [0.2, 0.25) is 0 Å². The van der Waals surface area contributed by atoms with Gasteiger partial charge in [-0.25, -0.2) is 9.78 Å². The summed E-state index contributed by atoms with van der Waals surface area (Å²) >= 11 is 1.35. The largest absolute Gasteiger partial charge is 0.487 e. The molecule has 3 aromatic rings. The zero-order valence-electron chi connectivity index (χ0n) is 31.0. The third kappa shape index (κ3) is 12.3. The number of ether oxygens (including phenoxy) is 2. The van der Waals surface area contributed by atoms with Crippen LogP contribution in [-0.2, 0) is 19.1 Å². The number of para-hydroxylation sites is 2. The number of aromatic amines is 1. The minimum absolute atomic E-state index is 0.0446. The fourth-order valence-electron chi connectivity index (χ4n) is 6.01.